The normalized spacial score (nSPS) is 24.7. The maximum atomic E-state index is 4.89. The Labute approximate surface area is 145 Å². The Morgan fingerprint density at radius 3 is 3.00 bits per heavy atom. The van der Waals surface area contributed by atoms with E-state index in [1.165, 1.54) is 12.1 Å². The van der Waals surface area contributed by atoms with Gasteiger partial charge in [-0.2, -0.15) is 0 Å². The van der Waals surface area contributed by atoms with E-state index in [0.717, 1.165) is 55.0 Å². The van der Waals surface area contributed by atoms with Crippen LogP contribution in [0.15, 0.2) is 36.0 Å². The molecule has 24 heavy (non-hydrogen) atoms. The summed E-state index contributed by atoms with van der Waals surface area (Å²) in [7, 11) is 0. The molecule has 4 nitrogen and oxygen atoms in total. The SMILES string of the molecule is C=CN=C(C(=C)C)C1CCCC(c2nc3c([nH]2)CCC=C3)N1CC. The van der Waals surface area contributed by atoms with Crippen molar-refractivity contribution in [2.24, 2.45) is 4.99 Å². The zero-order chi connectivity index (χ0) is 17.1. The maximum absolute atomic E-state index is 4.89. The second-order valence-corrected chi connectivity index (χ2v) is 6.70. The monoisotopic (exact) mass is 324 g/mol. The number of nitrogens with one attached hydrogen (secondary N) is 1. The molecule has 0 bridgehead atoms. The molecule has 128 valence electrons. The molecule has 2 aliphatic rings. The van der Waals surface area contributed by atoms with Crippen LogP contribution in [0.4, 0.5) is 0 Å². The van der Waals surface area contributed by atoms with Crippen LogP contribution in [0.25, 0.3) is 6.08 Å². The Bertz CT molecular complexity index is 680. The molecule has 1 saturated heterocycles. The number of nitrogens with zero attached hydrogens (tertiary/aromatic N) is 3. The van der Waals surface area contributed by atoms with Crippen molar-refractivity contribution in [3.63, 3.8) is 0 Å². The lowest BCUT2D eigenvalue weighted by atomic mass is 9.90. The molecule has 1 aliphatic heterocycles. The van der Waals surface area contributed by atoms with Gasteiger partial charge in [-0.05, 0) is 57.2 Å². The second-order valence-electron chi connectivity index (χ2n) is 6.70. The third kappa shape index (κ3) is 3.16. The van der Waals surface area contributed by atoms with Crippen LogP contribution in [-0.4, -0.2) is 33.2 Å². The van der Waals surface area contributed by atoms with Gasteiger partial charge in [-0.1, -0.05) is 26.2 Å². The highest BCUT2D eigenvalue weighted by Crippen LogP contribution is 2.35. The van der Waals surface area contributed by atoms with Gasteiger partial charge in [0.2, 0.25) is 0 Å². The molecule has 0 aromatic carbocycles. The molecule has 1 N–H and O–H groups in total. The van der Waals surface area contributed by atoms with Crippen LogP contribution in [0.5, 0.6) is 0 Å². The number of aromatic amines is 1. The number of piperidine rings is 1. The van der Waals surface area contributed by atoms with Crippen molar-refractivity contribution >= 4 is 11.8 Å². The van der Waals surface area contributed by atoms with Gasteiger partial charge in [-0.15, -0.1) is 0 Å². The lowest BCUT2D eigenvalue weighted by Gasteiger charge is -2.41. The quantitative estimate of drug-likeness (QED) is 0.814. The van der Waals surface area contributed by atoms with Crippen molar-refractivity contribution in [3.05, 3.63) is 48.2 Å². The van der Waals surface area contributed by atoms with E-state index in [1.807, 2.05) is 6.92 Å². The number of H-pyrrole nitrogens is 1. The Kier molecular flexibility index (Phi) is 5.14. The van der Waals surface area contributed by atoms with Gasteiger partial charge in [0, 0.05) is 11.9 Å². The lowest BCUT2D eigenvalue weighted by molar-refractivity contribution is 0.120. The van der Waals surface area contributed by atoms with E-state index in [1.54, 1.807) is 6.20 Å². The summed E-state index contributed by atoms with van der Waals surface area (Å²) in [5.74, 6) is 1.11. The lowest BCUT2D eigenvalue weighted by Crippen LogP contribution is -2.46. The van der Waals surface area contributed by atoms with E-state index < -0.39 is 0 Å². The number of aryl methyl sites for hydroxylation is 1. The van der Waals surface area contributed by atoms with Crippen molar-refractivity contribution in [1.82, 2.24) is 14.9 Å². The van der Waals surface area contributed by atoms with Crippen molar-refractivity contribution in [2.75, 3.05) is 6.54 Å². The molecule has 3 rings (SSSR count). The molecule has 0 amide bonds. The van der Waals surface area contributed by atoms with Crippen LogP contribution in [0.1, 0.15) is 62.8 Å². The minimum atomic E-state index is 0.293. The summed E-state index contributed by atoms with van der Waals surface area (Å²) in [5.41, 5.74) is 4.49. The third-order valence-electron chi connectivity index (χ3n) is 5.09. The van der Waals surface area contributed by atoms with Crippen LogP contribution in [0.2, 0.25) is 0 Å². The molecular weight excluding hydrogens is 296 g/mol. The van der Waals surface area contributed by atoms with Crippen LogP contribution >= 0.6 is 0 Å². The van der Waals surface area contributed by atoms with E-state index in [0.29, 0.717) is 12.1 Å². The van der Waals surface area contributed by atoms with Crippen molar-refractivity contribution in [3.8, 4) is 0 Å². The first kappa shape index (κ1) is 16.9. The van der Waals surface area contributed by atoms with Crippen molar-refractivity contribution < 1.29 is 0 Å². The highest BCUT2D eigenvalue weighted by Gasteiger charge is 2.35. The summed E-state index contributed by atoms with van der Waals surface area (Å²) in [6.07, 6.45) is 11.6. The molecule has 4 heteroatoms. The molecule has 0 saturated carbocycles. The zero-order valence-corrected chi connectivity index (χ0v) is 14.9. The van der Waals surface area contributed by atoms with Crippen molar-refractivity contribution in [2.45, 2.75) is 58.0 Å². The van der Waals surface area contributed by atoms with Crippen molar-refractivity contribution in [1.29, 1.82) is 0 Å². The molecule has 0 radical (unpaired) electrons. The zero-order valence-electron chi connectivity index (χ0n) is 14.9. The summed E-state index contributed by atoms with van der Waals surface area (Å²) >= 11 is 0. The molecule has 1 fully saturated rings. The van der Waals surface area contributed by atoms with E-state index in [2.05, 4.69) is 47.1 Å². The van der Waals surface area contributed by atoms with Gasteiger partial charge < -0.3 is 4.98 Å². The standard InChI is InChI=1S/C20H28N4/c1-5-21-19(14(3)4)17-12-9-13-18(24(17)6-2)20-22-15-10-7-8-11-16(15)23-20/h5,7,10,17-18H,1,3,6,8-9,11-13H2,2,4H3,(H,22,23). The van der Waals surface area contributed by atoms with Gasteiger partial charge in [-0.3, -0.25) is 9.89 Å². The van der Waals surface area contributed by atoms with Gasteiger partial charge in [-0.25, -0.2) is 4.98 Å². The predicted octanol–water partition coefficient (Wildman–Crippen LogP) is 4.45. The number of aliphatic imine (C=N–C) groups is 1. The molecular formula is C20H28N4. The smallest absolute Gasteiger partial charge is 0.124 e. The molecule has 1 aliphatic carbocycles. The summed E-state index contributed by atoms with van der Waals surface area (Å²) in [6.45, 7) is 13.1. The highest BCUT2D eigenvalue weighted by molar-refractivity contribution is 6.03. The van der Waals surface area contributed by atoms with Crippen LogP contribution in [-0.2, 0) is 6.42 Å². The first-order valence-corrected chi connectivity index (χ1v) is 9.01. The van der Waals surface area contributed by atoms with Crippen LogP contribution in [0, 0.1) is 0 Å². The number of rotatable bonds is 5. The Balaban J connectivity index is 1.92. The molecule has 1 aromatic heterocycles. The fraction of sp³-hybridized carbons (Fsp3) is 0.500. The second kappa shape index (κ2) is 7.31. The van der Waals surface area contributed by atoms with Crippen LogP contribution in [0.3, 0.4) is 0 Å². The predicted molar refractivity (Wildman–Crippen MR) is 101 cm³/mol. The summed E-state index contributed by atoms with van der Waals surface area (Å²) in [4.78, 5) is 15.6. The fourth-order valence-electron chi connectivity index (χ4n) is 4.01. The summed E-state index contributed by atoms with van der Waals surface area (Å²) in [6, 6.07) is 0.615. The average Bonchev–Trinajstić information content (AvgIpc) is 3.02. The maximum Gasteiger partial charge on any atom is 0.124 e. The molecule has 2 heterocycles. The molecule has 2 unspecified atom stereocenters. The minimum Gasteiger partial charge on any atom is -0.344 e. The molecule has 1 aromatic rings. The largest absolute Gasteiger partial charge is 0.344 e. The van der Waals surface area contributed by atoms with E-state index in [-0.39, 0.29) is 0 Å². The van der Waals surface area contributed by atoms with Gasteiger partial charge in [0.05, 0.1) is 23.5 Å². The van der Waals surface area contributed by atoms with E-state index >= 15 is 0 Å². The first-order chi connectivity index (χ1) is 11.7. The number of hydrogen-bond donors (Lipinski definition) is 1. The fourth-order valence-corrected chi connectivity index (χ4v) is 4.01. The number of aromatic nitrogens is 2. The Morgan fingerprint density at radius 1 is 1.50 bits per heavy atom. The van der Waals surface area contributed by atoms with Gasteiger partial charge in [0.1, 0.15) is 5.82 Å². The first-order valence-electron chi connectivity index (χ1n) is 9.01. The topological polar surface area (TPSA) is 44.3 Å². The average molecular weight is 324 g/mol. The minimum absolute atomic E-state index is 0.293. The molecule has 0 spiro atoms. The highest BCUT2D eigenvalue weighted by atomic mass is 15.2. The summed E-state index contributed by atoms with van der Waals surface area (Å²) in [5, 5.41) is 0. The number of allylic oxidation sites excluding steroid dienone is 1. The Morgan fingerprint density at radius 2 is 2.33 bits per heavy atom. The Hall–Kier alpha value is -1.94. The number of imidazole rings is 1. The molecule has 2 atom stereocenters. The van der Waals surface area contributed by atoms with Gasteiger partial charge in [0.25, 0.3) is 0 Å². The number of likely N-dealkylation sites (tertiary alicyclic amines) is 1. The number of hydrogen-bond acceptors (Lipinski definition) is 3. The van der Waals surface area contributed by atoms with Gasteiger partial charge >= 0.3 is 0 Å². The third-order valence-corrected chi connectivity index (χ3v) is 5.09. The number of fused-ring (bicyclic) bond motifs is 1. The van der Waals surface area contributed by atoms with E-state index in [4.69, 9.17) is 4.98 Å². The van der Waals surface area contributed by atoms with E-state index in [9.17, 15) is 0 Å². The van der Waals surface area contributed by atoms with Gasteiger partial charge in [0.15, 0.2) is 0 Å². The summed E-state index contributed by atoms with van der Waals surface area (Å²) < 4.78 is 0. The van der Waals surface area contributed by atoms with Crippen LogP contribution < -0.4 is 0 Å².